The van der Waals surface area contributed by atoms with E-state index in [1.807, 2.05) is 18.5 Å². The summed E-state index contributed by atoms with van der Waals surface area (Å²) in [7, 11) is 0. The van der Waals surface area contributed by atoms with Crippen LogP contribution in [0.3, 0.4) is 0 Å². The van der Waals surface area contributed by atoms with Gasteiger partial charge < -0.3 is 0 Å². The third-order valence-corrected chi connectivity index (χ3v) is 3.24. The van der Waals surface area contributed by atoms with Gasteiger partial charge in [0, 0.05) is 34.3 Å². The molecular weight excluding hydrogens is 220 g/mol. The molecule has 0 spiro atoms. The van der Waals surface area contributed by atoms with Gasteiger partial charge in [-0.3, -0.25) is 9.97 Å². The van der Waals surface area contributed by atoms with Crippen molar-refractivity contribution in [1.82, 2.24) is 9.97 Å². The van der Waals surface area contributed by atoms with E-state index in [1.54, 1.807) is 0 Å². The fraction of sp³-hybridized carbons (Fsp3) is 0.250. The Labute approximate surface area is 107 Å². The van der Waals surface area contributed by atoms with Crippen LogP contribution >= 0.6 is 0 Å². The lowest BCUT2D eigenvalue weighted by Crippen LogP contribution is -2.13. The second kappa shape index (κ2) is 3.77. The van der Waals surface area contributed by atoms with Gasteiger partial charge in [0.05, 0.1) is 5.52 Å². The van der Waals surface area contributed by atoms with Gasteiger partial charge in [-0.05, 0) is 17.5 Å². The molecule has 0 atom stereocenters. The number of hydrogen-bond donors (Lipinski definition) is 0. The van der Waals surface area contributed by atoms with E-state index in [-0.39, 0.29) is 5.41 Å². The van der Waals surface area contributed by atoms with E-state index in [0.29, 0.717) is 0 Å². The van der Waals surface area contributed by atoms with Crippen LogP contribution in [0.2, 0.25) is 0 Å². The van der Waals surface area contributed by atoms with Gasteiger partial charge in [-0.15, -0.1) is 0 Å². The van der Waals surface area contributed by atoms with Crippen LogP contribution in [0.4, 0.5) is 0 Å². The summed E-state index contributed by atoms with van der Waals surface area (Å²) in [4.78, 5) is 9.05. The predicted octanol–water partition coefficient (Wildman–Crippen LogP) is 4.08. The number of aromatic nitrogens is 2. The monoisotopic (exact) mass is 236 g/mol. The number of rotatable bonds is 0. The Hall–Kier alpha value is -1.96. The summed E-state index contributed by atoms with van der Waals surface area (Å²) in [6.45, 7) is 6.54. The van der Waals surface area contributed by atoms with Crippen molar-refractivity contribution >= 4 is 21.7 Å². The Morgan fingerprint density at radius 3 is 2.50 bits per heavy atom. The topological polar surface area (TPSA) is 25.8 Å². The van der Waals surface area contributed by atoms with E-state index in [0.717, 1.165) is 22.0 Å². The van der Waals surface area contributed by atoms with Gasteiger partial charge in [0.15, 0.2) is 0 Å². The van der Waals surface area contributed by atoms with Crippen molar-refractivity contribution in [3.05, 3.63) is 48.4 Å². The summed E-state index contributed by atoms with van der Waals surface area (Å²) in [6, 6.07) is 10.5. The number of pyridine rings is 2. The molecule has 2 aromatic heterocycles. The standard InChI is InChI=1S/C16H16N2/c1-16(2,3)14-9-12-7-6-11-5-4-8-17-15(11)13(12)10-18-14/h4-10H,1-3H3. The van der Waals surface area contributed by atoms with Crippen LogP contribution < -0.4 is 0 Å². The Kier molecular flexibility index (Phi) is 2.34. The maximum absolute atomic E-state index is 4.59. The van der Waals surface area contributed by atoms with Gasteiger partial charge in [0.2, 0.25) is 0 Å². The smallest absolute Gasteiger partial charge is 0.0795 e. The first-order valence-electron chi connectivity index (χ1n) is 6.20. The molecule has 0 aliphatic heterocycles. The molecule has 2 heterocycles. The van der Waals surface area contributed by atoms with Gasteiger partial charge in [-0.2, -0.15) is 0 Å². The van der Waals surface area contributed by atoms with E-state index in [4.69, 9.17) is 0 Å². The first-order chi connectivity index (χ1) is 8.55. The number of benzene rings is 1. The van der Waals surface area contributed by atoms with Crippen molar-refractivity contribution < 1.29 is 0 Å². The summed E-state index contributed by atoms with van der Waals surface area (Å²) >= 11 is 0. The minimum Gasteiger partial charge on any atom is -0.260 e. The van der Waals surface area contributed by atoms with Crippen molar-refractivity contribution in [2.75, 3.05) is 0 Å². The lowest BCUT2D eigenvalue weighted by molar-refractivity contribution is 0.570. The second-order valence-electron chi connectivity index (χ2n) is 5.68. The second-order valence-corrected chi connectivity index (χ2v) is 5.68. The molecule has 3 aromatic rings. The lowest BCUT2D eigenvalue weighted by Gasteiger charge is -2.18. The third kappa shape index (κ3) is 1.74. The summed E-state index contributed by atoms with van der Waals surface area (Å²) in [5.41, 5.74) is 2.22. The molecule has 0 radical (unpaired) electrons. The van der Waals surface area contributed by atoms with Crippen LogP contribution in [0.5, 0.6) is 0 Å². The normalized spacial score (nSPS) is 12.2. The zero-order chi connectivity index (χ0) is 12.8. The molecule has 0 unspecified atom stereocenters. The molecular formula is C16H16N2. The molecule has 0 aliphatic rings. The number of nitrogens with zero attached hydrogens (tertiary/aromatic N) is 2. The van der Waals surface area contributed by atoms with E-state index < -0.39 is 0 Å². The molecule has 1 aromatic carbocycles. The van der Waals surface area contributed by atoms with E-state index >= 15 is 0 Å². The van der Waals surface area contributed by atoms with Crippen LogP contribution in [0.25, 0.3) is 21.7 Å². The highest BCUT2D eigenvalue weighted by atomic mass is 14.7. The summed E-state index contributed by atoms with van der Waals surface area (Å²) < 4.78 is 0. The quantitative estimate of drug-likeness (QED) is 0.550. The van der Waals surface area contributed by atoms with Crippen LogP contribution in [-0.2, 0) is 5.41 Å². The highest BCUT2D eigenvalue weighted by molar-refractivity contribution is 6.04. The van der Waals surface area contributed by atoms with Crippen LogP contribution in [-0.4, -0.2) is 9.97 Å². The molecule has 0 saturated carbocycles. The Morgan fingerprint density at radius 2 is 1.72 bits per heavy atom. The summed E-state index contributed by atoms with van der Waals surface area (Å²) in [5.74, 6) is 0. The molecule has 0 fully saturated rings. The van der Waals surface area contributed by atoms with Crippen LogP contribution in [0.1, 0.15) is 26.5 Å². The molecule has 90 valence electrons. The summed E-state index contributed by atoms with van der Waals surface area (Å²) in [5, 5.41) is 3.50. The van der Waals surface area contributed by atoms with E-state index in [2.05, 4.69) is 55.0 Å². The minimum absolute atomic E-state index is 0.0767. The van der Waals surface area contributed by atoms with Crippen molar-refractivity contribution in [3.63, 3.8) is 0 Å². The van der Waals surface area contributed by atoms with Crippen LogP contribution in [0, 0.1) is 0 Å². The average Bonchev–Trinajstić information content (AvgIpc) is 2.37. The first-order valence-corrected chi connectivity index (χ1v) is 6.20. The van der Waals surface area contributed by atoms with Gasteiger partial charge in [-0.1, -0.05) is 39.0 Å². The van der Waals surface area contributed by atoms with Crippen molar-refractivity contribution in [3.8, 4) is 0 Å². The lowest BCUT2D eigenvalue weighted by atomic mass is 9.90. The highest BCUT2D eigenvalue weighted by Crippen LogP contribution is 2.27. The molecule has 0 bridgehead atoms. The molecule has 3 rings (SSSR count). The zero-order valence-electron chi connectivity index (χ0n) is 10.9. The van der Waals surface area contributed by atoms with Crippen molar-refractivity contribution in [2.24, 2.45) is 0 Å². The molecule has 2 heteroatoms. The maximum atomic E-state index is 4.59. The molecule has 0 saturated heterocycles. The Bertz CT molecular complexity index is 724. The number of fused-ring (bicyclic) bond motifs is 3. The van der Waals surface area contributed by atoms with E-state index in [9.17, 15) is 0 Å². The largest absolute Gasteiger partial charge is 0.260 e. The van der Waals surface area contributed by atoms with Crippen LogP contribution in [0.15, 0.2) is 42.7 Å². The number of hydrogen-bond acceptors (Lipinski definition) is 2. The first kappa shape index (κ1) is 11.1. The summed E-state index contributed by atoms with van der Waals surface area (Å²) in [6.07, 6.45) is 3.78. The molecule has 0 aliphatic carbocycles. The molecule has 2 nitrogen and oxygen atoms in total. The van der Waals surface area contributed by atoms with Crippen molar-refractivity contribution in [2.45, 2.75) is 26.2 Å². The minimum atomic E-state index is 0.0767. The predicted molar refractivity (Wildman–Crippen MR) is 75.7 cm³/mol. The average molecular weight is 236 g/mol. The van der Waals surface area contributed by atoms with Crippen molar-refractivity contribution in [1.29, 1.82) is 0 Å². The Balaban J connectivity index is 2.35. The maximum Gasteiger partial charge on any atom is 0.0795 e. The SMILES string of the molecule is CC(C)(C)c1cc2ccc3cccnc3c2cn1. The van der Waals surface area contributed by atoms with Gasteiger partial charge in [0.1, 0.15) is 0 Å². The fourth-order valence-corrected chi connectivity index (χ4v) is 2.17. The van der Waals surface area contributed by atoms with Gasteiger partial charge in [-0.25, -0.2) is 0 Å². The molecule has 0 N–H and O–H groups in total. The third-order valence-electron chi connectivity index (χ3n) is 3.24. The van der Waals surface area contributed by atoms with E-state index in [1.165, 1.54) is 5.39 Å². The van der Waals surface area contributed by atoms with Gasteiger partial charge in [0.25, 0.3) is 0 Å². The highest BCUT2D eigenvalue weighted by Gasteiger charge is 2.15. The fourth-order valence-electron chi connectivity index (χ4n) is 2.17. The molecule has 18 heavy (non-hydrogen) atoms. The Morgan fingerprint density at radius 1 is 0.944 bits per heavy atom. The molecule has 0 amide bonds. The zero-order valence-corrected chi connectivity index (χ0v) is 10.9. The van der Waals surface area contributed by atoms with Gasteiger partial charge >= 0.3 is 0 Å².